The van der Waals surface area contributed by atoms with Crippen LogP contribution in [0.15, 0.2) is 35.3 Å². The Hall–Kier alpha value is -3.24. The van der Waals surface area contributed by atoms with Crippen LogP contribution in [0.4, 0.5) is 15.8 Å². The van der Waals surface area contributed by atoms with Crippen molar-refractivity contribution in [3.8, 4) is 11.8 Å². The Morgan fingerprint density at radius 2 is 2.21 bits per heavy atom. The van der Waals surface area contributed by atoms with Gasteiger partial charge in [-0.05, 0) is 56.1 Å². The number of halogens is 1. The van der Waals surface area contributed by atoms with Crippen LogP contribution in [-0.4, -0.2) is 38.9 Å². The summed E-state index contributed by atoms with van der Waals surface area (Å²) < 4.78 is 19.0. The molecular weight excluding hydrogens is 371 g/mol. The number of methoxy groups -OCH3 is 1. The van der Waals surface area contributed by atoms with Gasteiger partial charge in [-0.25, -0.2) is 4.39 Å². The van der Waals surface area contributed by atoms with Gasteiger partial charge in [0.2, 0.25) is 0 Å². The lowest BCUT2D eigenvalue weighted by atomic mass is 10.0. The van der Waals surface area contributed by atoms with Crippen LogP contribution in [-0.2, 0) is 0 Å². The number of benzene rings is 2. The fourth-order valence-corrected chi connectivity index (χ4v) is 3.34. The monoisotopic (exact) mass is 394 g/mol. The summed E-state index contributed by atoms with van der Waals surface area (Å²) in [4.78, 5) is 19.1. The minimum Gasteiger partial charge on any atom is -0.494 e. The lowest BCUT2D eigenvalue weighted by molar-refractivity contribution is 0.0993. The minimum absolute atomic E-state index is 0.103. The van der Waals surface area contributed by atoms with Gasteiger partial charge in [-0.15, -0.1) is 0 Å². The van der Waals surface area contributed by atoms with Crippen LogP contribution in [0.25, 0.3) is 0 Å². The number of hydrogen-bond donors (Lipinski definition) is 1. The lowest BCUT2D eigenvalue weighted by Gasteiger charge is -2.20. The van der Waals surface area contributed by atoms with Crippen LogP contribution in [0.3, 0.4) is 0 Å². The van der Waals surface area contributed by atoms with Crippen molar-refractivity contribution in [2.45, 2.75) is 25.8 Å². The van der Waals surface area contributed by atoms with Crippen molar-refractivity contribution in [1.82, 2.24) is 5.32 Å². The number of carbonyl (C=O) groups is 1. The van der Waals surface area contributed by atoms with Gasteiger partial charge in [0.05, 0.1) is 30.0 Å². The quantitative estimate of drug-likeness (QED) is 0.784. The number of anilines is 1. The molecule has 1 saturated heterocycles. The molecular formula is C22H23FN4O2. The Morgan fingerprint density at radius 3 is 2.83 bits per heavy atom. The zero-order valence-electron chi connectivity index (χ0n) is 16.7. The van der Waals surface area contributed by atoms with E-state index in [0.717, 1.165) is 24.9 Å². The van der Waals surface area contributed by atoms with Crippen molar-refractivity contribution in [1.29, 1.82) is 5.26 Å². The first kappa shape index (κ1) is 20.5. The van der Waals surface area contributed by atoms with Gasteiger partial charge in [0.15, 0.2) is 11.6 Å². The first-order valence-corrected chi connectivity index (χ1v) is 9.38. The molecule has 0 aromatic heterocycles. The second-order valence-electron chi connectivity index (χ2n) is 6.97. The molecule has 150 valence electrons. The molecule has 2 aromatic carbocycles. The van der Waals surface area contributed by atoms with Crippen molar-refractivity contribution in [3.05, 3.63) is 52.8 Å². The van der Waals surface area contributed by atoms with Gasteiger partial charge in [-0.2, -0.15) is 5.26 Å². The standard InChI is InChI=1S/C22H23FN4O2/c1-14-9-15(12-24)10-18(21(14)26-13-16-5-4-8-25-16)22(28)27(2)17-6-7-20(29-3)19(23)11-17/h6-7,9-11,13,16,25H,4-5,8H2,1-3H3/b26-13+. The van der Waals surface area contributed by atoms with Crippen molar-refractivity contribution in [2.24, 2.45) is 4.99 Å². The van der Waals surface area contributed by atoms with Crippen molar-refractivity contribution < 1.29 is 13.9 Å². The Kier molecular flexibility index (Phi) is 6.25. The number of aliphatic imine (C=N–C) groups is 1. The average molecular weight is 394 g/mol. The largest absolute Gasteiger partial charge is 0.494 e. The van der Waals surface area contributed by atoms with Crippen LogP contribution < -0.4 is 15.0 Å². The Balaban J connectivity index is 1.98. The molecule has 0 radical (unpaired) electrons. The maximum atomic E-state index is 14.1. The van der Waals surface area contributed by atoms with Gasteiger partial charge in [0.25, 0.3) is 5.91 Å². The fraction of sp³-hybridized carbons (Fsp3) is 0.318. The molecule has 1 amide bonds. The molecule has 1 fully saturated rings. The number of nitriles is 1. The molecule has 1 atom stereocenters. The summed E-state index contributed by atoms with van der Waals surface area (Å²) in [6.45, 7) is 2.76. The predicted octanol–water partition coefficient (Wildman–Crippen LogP) is 3.75. The third-order valence-electron chi connectivity index (χ3n) is 4.97. The molecule has 1 aliphatic heterocycles. The van der Waals surface area contributed by atoms with Crippen LogP contribution in [0.1, 0.15) is 34.3 Å². The van der Waals surface area contributed by atoms with E-state index in [1.165, 1.54) is 30.2 Å². The number of nitrogens with one attached hydrogen (secondary N) is 1. The van der Waals surface area contributed by atoms with Crippen molar-refractivity contribution >= 4 is 23.5 Å². The van der Waals surface area contributed by atoms with E-state index in [1.54, 1.807) is 19.2 Å². The highest BCUT2D eigenvalue weighted by Gasteiger charge is 2.21. The van der Waals surface area contributed by atoms with Gasteiger partial charge in [0.1, 0.15) is 0 Å². The number of rotatable bonds is 5. The number of nitrogens with zero attached hydrogens (tertiary/aromatic N) is 3. The van der Waals surface area contributed by atoms with E-state index in [1.807, 2.05) is 13.1 Å². The number of ether oxygens (including phenoxy) is 1. The highest BCUT2D eigenvalue weighted by molar-refractivity contribution is 6.09. The van der Waals surface area contributed by atoms with E-state index in [4.69, 9.17) is 4.74 Å². The molecule has 0 spiro atoms. The number of aryl methyl sites for hydroxylation is 1. The topological polar surface area (TPSA) is 77.7 Å². The smallest absolute Gasteiger partial charge is 0.260 e. The molecule has 1 unspecified atom stereocenters. The van der Waals surface area contributed by atoms with Crippen LogP contribution >= 0.6 is 0 Å². The van der Waals surface area contributed by atoms with E-state index in [0.29, 0.717) is 22.5 Å². The maximum Gasteiger partial charge on any atom is 0.260 e. The molecule has 0 bridgehead atoms. The zero-order valence-corrected chi connectivity index (χ0v) is 16.7. The number of carbonyl (C=O) groups excluding carboxylic acids is 1. The van der Waals surface area contributed by atoms with Gasteiger partial charge in [0, 0.05) is 31.1 Å². The Labute approximate surface area is 169 Å². The second-order valence-corrected chi connectivity index (χ2v) is 6.97. The summed E-state index contributed by atoms with van der Waals surface area (Å²) >= 11 is 0. The number of amides is 1. The van der Waals surface area contributed by atoms with Crippen molar-refractivity contribution in [2.75, 3.05) is 25.6 Å². The molecule has 3 rings (SSSR count). The second kappa shape index (κ2) is 8.84. The Morgan fingerprint density at radius 1 is 1.41 bits per heavy atom. The van der Waals surface area contributed by atoms with E-state index in [-0.39, 0.29) is 17.7 Å². The molecule has 1 N–H and O–H groups in total. The summed E-state index contributed by atoms with van der Waals surface area (Å²) in [5, 5.41) is 12.7. The van der Waals surface area contributed by atoms with Crippen LogP contribution in [0, 0.1) is 24.1 Å². The molecule has 29 heavy (non-hydrogen) atoms. The third kappa shape index (κ3) is 4.44. The summed E-state index contributed by atoms with van der Waals surface area (Å²) in [5.74, 6) is -0.829. The van der Waals surface area contributed by atoms with Crippen molar-refractivity contribution in [3.63, 3.8) is 0 Å². The van der Waals surface area contributed by atoms with Gasteiger partial charge < -0.3 is 15.0 Å². The van der Waals surface area contributed by atoms with E-state index >= 15 is 0 Å². The first-order valence-electron chi connectivity index (χ1n) is 9.38. The predicted molar refractivity (Wildman–Crippen MR) is 111 cm³/mol. The molecule has 7 heteroatoms. The molecule has 0 aliphatic carbocycles. The Bertz CT molecular complexity index is 991. The number of hydrogen-bond acceptors (Lipinski definition) is 5. The molecule has 2 aromatic rings. The molecule has 6 nitrogen and oxygen atoms in total. The maximum absolute atomic E-state index is 14.1. The molecule has 1 heterocycles. The third-order valence-corrected chi connectivity index (χ3v) is 4.97. The SMILES string of the molecule is COc1ccc(N(C)C(=O)c2cc(C#N)cc(C)c2/N=C/C2CCCN2)cc1F. The summed E-state index contributed by atoms with van der Waals surface area (Å²) in [5.41, 5.74) is 2.30. The fourth-order valence-electron chi connectivity index (χ4n) is 3.34. The summed E-state index contributed by atoms with van der Waals surface area (Å²) in [6, 6.07) is 9.79. The van der Waals surface area contributed by atoms with Gasteiger partial charge in [-0.3, -0.25) is 9.79 Å². The zero-order chi connectivity index (χ0) is 21.0. The molecule has 0 saturated carbocycles. The van der Waals surface area contributed by atoms with E-state index in [2.05, 4.69) is 16.4 Å². The summed E-state index contributed by atoms with van der Waals surface area (Å²) in [6.07, 6.45) is 3.89. The average Bonchev–Trinajstić information content (AvgIpc) is 3.24. The van der Waals surface area contributed by atoms with E-state index in [9.17, 15) is 14.4 Å². The van der Waals surface area contributed by atoms with Gasteiger partial charge >= 0.3 is 0 Å². The lowest BCUT2D eigenvalue weighted by Crippen LogP contribution is -2.27. The normalized spacial score (nSPS) is 16.0. The highest BCUT2D eigenvalue weighted by Crippen LogP contribution is 2.30. The van der Waals surface area contributed by atoms with Gasteiger partial charge in [-0.1, -0.05) is 0 Å². The van der Waals surface area contributed by atoms with Crippen LogP contribution in [0.5, 0.6) is 5.75 Å². The van der Waals surface area contributed by atoms with Crippen LogP contribution in [0.2, 0.25) is 0 Å². The summed E-state index contributed by atoms with van der Waals surface area (Å²) in [7, 11) is 2.94. The molecule has 1 aliphatic rings. The highest BCUT2D eigenvalue weighted by atomic mass is 19.1. The van der Waals surface area contributed by atoms with E-state index < -0.39 is 5.82 Å². The minimum atomic E-state index is -0.558. The first-order chi connectivity index (χ1) is 13.9.